The summed E-state index contributed by atoms with van der Waals surface area (Å²) >= 11 is 0. The normalized spacial score (nSPS) is 55.8. The van der Waals surface area contributed by atoms with Gasteiger partial charge in [-0.15, -0.1) is 0 Å². The molecule has 604 valence electrons. The molecule has 7 aliphatic heterocycles. The first-order chi connectivity index (χ1) is 49.2. The maximum absolute atomic E-state index is 15.8. The average molecular weight is 1520 g/mol. The van der Waals surface area contributed by atoms with E-state index in [9.17, 15) is 107 Å². The molecule has 11 fully saturated rings. The highest BCUT2D eigenvalue weighted by Crippen LogP contribution is 2.76. The van der Waals surface area contributed by atoms with Crippen LogP contribution < -0.4 is 0 Å². The van der Waals surface area contributed by atoms with Crippen LogP contribution in [0.1, 0.15) is 107 Å². The zero-order valence-corrected chi connectivity index (χ0v) is 60.0. The first-order valence-electron chi connectivity index (χ1n) is 36.6. The molecule has 5 aliphatic carbocycles. The Morgan fingerprint density at radius 1 is 0.476 bits per heavy atom. The lowest BCUT2D eigenvalue weighted by Crippen LogP contribution is -2.72. The summed E-state index contributed by atoms with van der Waals surface area (Å²) in [6.07, 6.45) is -53.5. The zero-order valence-electron chi connectivity index (χ0n) is 60.0. The molecule has 0 aromatic rings. The number of rotatable bonds is 18. The second-order valence-electron chi connectivity index (χ2n) is 33.6. The van der Waals surface area contributed by atoms with E-state index in [0.29, 0.717) is 32.1 Å². The van der Waals surface area contributed by atoms with Crippen LogP contribution in [0.15, 0.2) is 11.6 Å². The fraction of sp³-hybridized carbons (Fsp3) is 0.957. The molecule has 0 bridgehead atoms. The van der Waals surface area contributed by atoms with Gasteiger partial charge in [0, 0.05) is 11.3 Å². The van der Waals surface area contributed by atoms with Crippen molar-refractivity contribution in [3.8, 4) is 0 Å². The molecule has 0 radical (unpaired) electrons. The van der Waals surface area contributed by atoms with Gasteiger partial charge in [0.2, 0.25) is 6.29 Å². The number of allylic oxidation sites excluding steroid dienone is 2. The molecule has 36 nitrogen and oxygen atoms in total. The predicted octanol–water partition coefficient (Wildman–Crippen LogP) is -7.67. The molecule has 0 spiro atoms. The minimum atomic E-state index is -2.16. The standard InChI is InChI=1S/C69H112O36/c1-25-36(78)41(83)45(87)56(95-25)99-47-34(19-71)98-59(51(46(47)88)100-55-44(86)38(80)31(76)20-92-55)102-49-42(84)37(79)26(2)96-58(49)101-48-39(81)32(77)21-93-57(48)105-62(90)68-13-11-63(3,4)15-28(68)27-9-10-35-64(5)16-30(75)54(65(6,22-72)52(64)29(74)17-67(35,8)66(27,7)12-14-68)104-60-50(43(85)40(82)33(18-70)97-60)103-61-53(89)69(91,23-73)24-94-61/h9,25-26,28-61,70-89,91H,10-24H2,1-8H3. The molecular weight excluding hydrogens is 1400 g/mol. The summed E-state index contributed by atoms with van der Waals surface area (Å²) in [6.45, 7) is 9.60. The first-order valence-corrected chi connectivity index (χ1v) is 36.6. The van der Waals surface area contributed by atoms with Crippen molar-refractivity contribution in [3.63, 3.8) is 0 Å². The molecular formula is C69H112O36. The summed E-state index contributed by atoms with van der Waals surface area (Å²) < 4.78 is 84.6. The molecule has 42 unspecified atom stereocenters. The molecule has 7 saturated heterocycles. The lowest BCUT2D eigenvalue weighted by atomic mass is 9.33. The van der Waals surface area contributed by atoms with Gasteiger partial charge >= 0.3 is 5.97 Å². The highest BCUT2D eigenvalue weighted by molar-refractivity contribution is 5.79. The van der Waals surface area contributed by atoms with E-state index in [1.54, 1.807) is 6.92 Å². The molecule has 4 saturated carbocycles. The molecule has 36 heteroatoms. The van der Waals surface area contributed by atoms with Crippen LogP contribution in [0.4, 0.5) is 0 Å². The molecule has 12 aliphatic rings. The van der Waals surface area contributed by atoms with Crippen molar-refractivity contribution in [2.24, 2.45) is 50.2 Å². The van der Waals surface area contributed by atoms with E-state index < -0.39 is 299 Å². The van der Waals surface area contributed by atoms with E-state index >= 15 is 4.79 Å². The first kappa shape index (κ1) is 82.3. The Bertz CT molecular complexity index is 3010. The van der Waals surface area contributed by atoms with Gasteiger partial charge in [-0.1, -0.05) is 53.2 Å². The third-order valence-corrected chi connectivity index (χ3v) is 26.6. The van der Waals surface area contributed by atoms with Gasteiger partial charge in [0.25, 0.3) is 0 Å². The van der Waals surface area contributed by atoms with Crippen LogP contribution in [0, 0.1) is 50.2 Å². The van der Waals surface area contributed by atoms with E-state index in [-0.39, 0.29) is 30.6 Å². The third kappa shape index (κ3) is 14.0. The van der Waals surface area contributed by atoms with E-state index in [0.717, 1.165) is 5.57 Å². The van der Waals surface area contributed by atoms with Crippen molar-refractivity contribution in [1.29, 1.82) is 0 Å². The number of hydrogen-bond acceptors (Lipinski definition) is 36. The average Bonchev–Trinajstić information content (AvgIpc) is 0.842. The largest absolute Gasteiger partial charge is 0.432 e. The summed E-state index contributed by atoms with van der Waals surface area (Å²) in [6, 6.07) is 0. The number of esters is 1. The van der Waals surface area contributed by atoms with Gasteiger partial charge in [-0.3, -0.25) is 4.79 Å². The number of ether oxygens (including phenoxy) is 14. The van der Waals surface area contributed by atoms with Crippen LogP contribution in [-0.4, -0.2) is 368 Å². The van der Waals surface area contributed by atoms with Crippen molar-refractivity contribution in [3.05, 3.63) is 11.6 Å². The number of hydrogen-bond donors (Lipinski definition) is 21. The zero-order chi connectivity index (χ0) is 76.7. The Morgan fingerprint density at radius 2 is 1.00 bits per heavy atom. The molecule has 0 aromatic heterocycles. The molecule has 105 heavy (non-hydrogen) atoms. The van der Waals surface area contributed by atoms with Crippen LogP contribution >= 0.6 is 0 Å². The molecule has 0 amide bonds. The van der Waals surface area contributed by atoms with Gasteiger partial charge in [-0.25, -0.2) is 0 Å². The second-order valence-corrected chi connectivity index (χ2v) is 33.6. The maximum Gasteiger partial charge on any atom is 0.315 e. The summed E-state index contributed by atoms with van der Waals surface area (Å²) in [5, 5.41) is 235. The Hall–Kier alpha value is -2.15. The van der Waals surface area contributed by atoms with E-state index in [2.05, 4.69) is 33.8 Å². The summed E-state index contributed by atoms with van der Waals surface area (Å²) in [7, 11) is 0. The minimum Gasteiger partial charge on any atom is -0.432 e. The summed E-state index contributed by atoms with van der Waals surface area (Å²) in [5.41, 5.74) is -6.91. The molecule has 42 atom stereocenters. The van der Waals surface area contributed by atoms with Crippen molar-refractivity contribution >= 4 is 5.97 Å². The molecule has 21 N–H and O–H groups in total. The number of aliphatic hydroxyl groups excluding tert-OH is 20. The van der Waals surface area contributed by atoms with Gasteiger partial charge in [0.05, 0.1) is 82.2 Å². The maximum atomic E-state index is 15.8. The SMILES string of the molecule is CC1OC(OC2C(CO)OC(OC3C(OC4C(OC(=O)C56CCC(C)(C)CC5C5=CCC7C8(C)CC(O)C(OC9OC(CO)C(O)C(O)C9OC9OCC(O)(CO)C9O)C(C)(CO)C8C(O)CC7(C)C5(C)CC6)OCC(O)C4O)OC(C)C(O)C3O)C(OC3OCC(O)C(O)C3O)C2O)C(O)C(O)C1O. The van der Waals surface area contributed by atoms with Crippen molar-refractivity contribution in [1.82, 2.24) is 0 Å². The van der Waals surface area contributed by atoms with Crippen LogP contribution in [0.25, 0.3) is 0 Å². The predicted molar refractivity (Wildman–Crippen MR) is 344 cm³/mol. The topological polar surface area (TPSA) is 571 Å². The van der Waals surface area contributed by atoms with Gasteiger partial charge in [0.15, 0.2) is 43.8 Å². The monoisotopic (exact) mass is 1520 g/mol. The Balaban J connectivity index is 0.803. The number of carbonyl (C=O) groups excluding carboxylic acids is 1. The lowest BCUT2D eigenvalue weighted by molar-refractivity contribution is -0.408. The van der Waals surface area contributed by atoms with Crippen LogP contribution in [-0.2, 0) is 71.1 Å². The summed E-state index contributed by atoms with van der Waals surface area (Å²) in [4.78, 5) is 15.8. The number of fused-ring (bicyclic) bond motifs is 7. The molecule has 12 rings (SSSR count). The van der Waals surface area contributed by atoms with Crippen LogP contribution in [0.2, 0.25) is 0 Å². The molecule has 0 aromatic carbocycles. The van der Waals surface area contributed by atoms with E-state index in [1.807, 2.05) is 6.92 Å². The van der Waals surface area contributed by atoms with Crippen LogP contribution in [0.3, 0.4) is 0 Å². The minimum absolute atomic E-state index is 0.0149. The quantitative estimate of drug-likeness (QED) is 0.0344. The Morgan fingerprint density at radius 3 is 1.63 bits per heavy atom. The van der Waals surface area contributed by atoms with Gasteiger partial charge in [-0.2, -0.15) is 0 Å². The third-order valence-electron chi connectivity index (χ3n) is 26.6. The van der Waals surface area contributed by atoms with E-state index in [4.69, 9.17) is 66.3 Å². The smallest absolute Gasteiger partial charge is 0.315 e. The number of carbonyl (C=O) groups is 1. The second kappa shape index (κ2) is 30.6. The number of aliphatic hydroxyl groups is 21. The fourth-order valence-electron chi connectivity index (χ4n) is 20.3. The van der Waals surface area contributed by atoms with Gasteiger partial charge in [0.1, 0.15) is 128 Å². The van der Waals surface area contributed by atoms with Gasteiger partial charge < -0.3 is 174 Å². The molecule has 7 heterocycles. The fourth-order valence-corrected chi connectivity index (χ4v) is 20.3. The summed E-state index contributed by atoms with van der Waals surface area (Å²) in [5.74, 6) is -2.41. The van der Waals surface area contributed by atoms with Crippen LogP contribution in [0.5, 0.6) is 0 Å². The highest BCUT2D eigenvalue weighted by atomic mass is 16.8. The van der Waals surface area contributed by atoms with Gasteiger partial charge in [-0.05, 0) is 98.7 Å². The van der Waals surface area contributed by atoms with Crippen molar-refractivity contribution < 1.29 is 178 Å². The Labute approximate surface area is 605 Å². The highest BCUT2D eigenvalue weighted by Gasteiger charge is 2.74. The lowest BCUT2D eigenvalue weighted by Gasteiger charge is -2.72. The Kier molecular flexibility index (Phi) is 24.0. The van der Waals surface area contributed by atoms with Crippen molar-refractivity contribution in [2.45, 2.75) is 315 Å². The van der Waals surface area contributed by atoms with E-state index in [1.165, 1.54) is 13.8 Å². The van der Waals surface area contributed by atoms with Crippen molar-refractivity contribution in [2.75, 3.05) is 46.2 Å².